The molecule has 0 aliphatic carbocycles. The molecule has 11 heavy (non-hydrogen) atoms. The molecule has 0 saturated heterocycles. The van der Waals surface area contributed by atoms with Crippen LogP contribution in [0.25, 0.3) is 10.8 Å². The summed E-state index contributed by atoms with van der Waals surface area (Å²) < 4.78 is 0. The van der Waals surface area contributed by atoms with Crippen LogP contribution in [0.5, 0.6) is 0 Å². The van der Waals surface area contributed by atoms with Crippen LogP contribution in [0.1, 0.15) is 0 Å². The minimum atomic E-state index is 0. The molecule has 0 N–H and O–H groups in total. The van der Waals surface area contributed by atoms with Crippen molar-refractivity contribution in [2.24, 2.45) is 0 Å². The predicted octanol–water partition coefficient (Wildman–Crippen LogP) is 1.92. The molecule has 0 nitrogen and oxygen atoms in total. The average Bonchev–Trinajstić information content (AvgIpc) is 2.05. The van der Waals surface area contributed by atoms with Crippen molar-refractivity contribution in [1.82, 2.24) is 0 Å². The van der Waals surface area contributed by atoms with Crippen molar-refractivity contribution in [3.63, 3.8) is 0 Å². The van der Waals surface area contributed by atoms with Gasteiger partial charge in [0, 0.05) is 0 Å². The molecule has 0 aromatic heterocycles. The van der Waals surface area contributed by atoms with Gasteiger partial charge in [0.15, 0.2) is 0 Å². The summed E-state index contributed by atoms with van der Waals surface area (Å²) in [6.45, 7) is 0. The van der Waals surface area contributed by atoms with Crippen molar-refractivity contribution in [3.8, 4) is 0 Å². The molecule has 0 bridgehead atoms. The molecule has 0 spiro atoms. The van der Waals surface area contributed by atoms with Gasteiger partial charge in [-0.1, -0.05) is 48.5 Å². The first-order chi connectivity index (χ1) is 4.97. The van der Waals surface area contributed by atoms with E-state index in [2.05, 4.69) is 48.5 Å². The van der Waals surface area contributed by atoms with Gasteiger partial charge in [-0.25, -0.2) is 0 Å². The van der Waals surface area contributed by atoms with Gasteiger partial charge in [-0.3, -0.25) is 0 Å². The molecule has 0 fully saturated rings. The molecule has 2 aromatic rings. The van der Waals surface area contributed by atoms with Crippen LogP contribution in [0.2, 0.25) is 0 Å². The molecule has 2 aromatic carbocycles. The molecule has 1 heteroatoms. The van der Waals surface area contributed by atoms with Gasteiger partial charge in [-0.15, -0.1) is 0 Å². The zero-order valence-corrected chi connectivity index (χ0v) is 8.97. The number of fused-ring (bicyclic) bond motifs is 1. The van der Waals surface area contributed by atoms with Crippen LogP contribution in [0.4, 0.5) is 0 Å². The third-order valence-electron chi connectivity index (χ3n) is 1.66. The van der Waals surface area contributed by atoms with Gasteiger partial charge in [0.1, 0.15) is 0 Å². The van der Waals surface area contributed by atoms with E-state index in [1.165, 1.54) is 10.8 Å². The second-order valence-corrected chi connectivity index (χ2v) is 2.35. The maximum absolute atomic E-state index is 2.12. The van der Waals surface area contributed by atoms with E-state index in [-0.39, 0.29) is 23.7 Å². The van der Waals surface area contributed by atoms with E-state index >= 15 is 0 Å². The van der Waals surface area contributed by atoms with E-state index in [1.807, 2.05) is 0 Å². The van der Waals surface area contributed by atoms with Gasteiger partial charge in [0.25, 0.3) is 0 Å². The van der Waals surface area contributed by atoms with Crippen LogP contribution in [0.15, 0.2) is 48.5 Å². The Hall–Kier alpha value is -0.510. The van der Waals surface area contributed by atoms with E-state index in [0.29, 0.717) is 0 Å². The Labute approximate surface area is 83.0 Å². The molecule has 0 aliphatic heterocycles. The molecule has 0 unspecified atom stereocenters. The van der Waals surface area contributed by atoms with Crippen molar-refractivity contribution >= 4 is 34.4 Å². The second kappa shape index (κ2) is 3.76. The summed E-state index contributed by atoms with van der Waals surface area (Å²) in [4.78, 5) is 0. The predicted molar refractivity (Wildman–Crippen MR) is 52.5 cm³/mol. The zero-order valence-electron chi connectivity index (χ0n) is 6.12. The molecular weight excluding hydrogens is 248 g/mol. The smallest absolute Gasteiger partial charge is 0.0184 e. The van der Waals surface area contributed by atoms with Crippen LogP contribution in [0, 0.1) is 0 Å². The Balaban J connectivity index is 0.000000605. The third kappa shape index (κ3) is 1.74. The number of hydrogen-bond donors (Lipinski definition) is 0. The second-order valence-electron chi connectivity index (χ2n) is 2.35. The molecule has 0 radical (unpaired) electrons. The molecule has 0 heterocycles. The third-order valence-corrected chi connectivity index (χ3v) is 1.66. The Kier molecular flexibility index (Phi) is 2.93. The normalized spacial score (nSPS) is 9.09. The van der Waals surface area contributed by atoms with Gasteiger partial charge in [0.05, 0.1) is 0 Å². The number of hydrogen-bond acceptors (Lipinski definition) is 0. The Morgan fingerprint density at radius 1 is 0.545 bits per heavy atom. The first kappa shape index (κ1) is 8.58. The number of benzene rings is 2. The SMILES string of the molecule is [TeH2].c1ccc2ccccc2c1. The Morgan fingerprint density at radius 2 is 0.818 bits per heavy atom. The fraction of sp³-hybridized carbons (Fsp3) is 0. The van der Waals surface area contributed by atoms with E-state index < -0.39 is 0 Å². The molecule has 0 saturated carbocycles. The summed E-state index contributed by atoms with van der Waals surface area (Å²) in [5.74, 6) is 0. The molecule has 56 valence electrons. The molecule has 0 aliphatic rings. The van der Waals surface area contributed by atoms with Crippen LogP contribution in [-0.2, 0) is 0 Å². The standard InChI is InChI=1S/C10H8.H2Te/c1-2-6-10-8-4-3-7-9(10)5-1;/h1-8H;1H2. The topological polar surface area (TPSA) is 0 Å². The first-order valence-electron chi connectivity index (χ1n) is 3.40. The molecule has 0 amide bonds. The van der Waals surface area contributed by atoms with Crippen LogP contribution in [-0.4, -0.2) is 23.7 Å². The summed E-state index contributed by atoms with van der Waals surface area (Å²) in [7, 11) is 0. The van der Waals surface area contributed by atoms with Gasteiger partial charge in [-0.05, 0) is 10.8 Å². The monoisotopic (exact) mass is 260 g/mol. The molecule has 2 rings (SSSR count). The van der Waals surface area contributed by atoms with Crippen molar-refractivity contribution < 1.29 is 0 Å². The summed E-state index contributed by atoms with van der Waals surface area (Å²) in [6.07, 6.45) is 0. The zero-order chi connectivity index (χ0) is 6.81. The average molecular weight is 258 g/mol. The van der Waals surface area contributed by atoms with Gasteiger partial charge in [-0.2, -0.15) is 0 Å². The summed E-state index contributed by atoms with van der Waals surface area (Å²) in [5.41, 5.74) is 0. The van der Waals surface area contributed by atoms with Crippen molar-refractivity contribution in [3.05, 3.63) is 48.5 Å². The summed E-state index contributed by atoms with van der Waals surface area (Å²) >= 11 is 0. The van der Waals surface area contributed by atoms with Gasteiger partial charge in [0.2, 0.25) is 0 Å². The van der Waals surface area contributed by atoms with E-state index in [9.17, 15) is 0 Å². The Morgan fingerprint density at radius 3 is 1.09 bits per heavy atom. The fourth-order valence-corrected chi connectivity index (χ4v) is 1.13. The van der Waals surface area contributed by atoms with E-state index in [4.69, 9.17) is 0 Å². The summed E-state index contributed by atoms with van der Waals surface area (Å²) in [5, 5.41) is 2.62. The van der Waals surface area contributed by atoms with Crippen molar-refractivity contribution in [1.29, 1.82) is 0 Å². The summed E-state index contributed by atoms with van der Waals surface area (Å²) in [6, 6.07) is 16.7. The van der Waals surface area contributed by atoms with Gasteiger partial charge >= 0.3 is 23.7 Å². The van der Waals surface area contributed by atoms with E-state index in [0.717, 1.165) is 0 Å². The maximum atomic E-state index is 2.12. The van der Waals surface area contributed by atoms with Crippen LogP contribution in [0.3, 0.4) is 0 Å². The van der Waals surface area contributed by atoms with Crippen molar-refractivity contribution in [2.45, 2.75) is 0 Å². The maximum Gasteiger partial charge on any atom is -0.0184 e. The van der Waals surface area contributed by atoms with Crippen LogP contribution >= 0.6 is 0 Å². The fourth-order valence-electron chi connectivity index (χ4n) is 1.13. The molecule has 0 atom stereocenters. The van der Waals surface area contributed by atoms with Gasteiger partial charge < -0.3 is 0 Å². The van der Waals surface area contributed by atoms with Crippen LogP contribution < -0.4 is 0 Å². The minimum Gasteiger partial charge on any atom is -0.0616 e. The number of rotatable bonds is 0. The molecular formula is C10H10Te. The minimum absolute atomic E-state index is 0. The first-order valence-corrected chi connectivity index (χ1v) is 3.40. The largest absolute Gasteiger partial charge is 0.0616 e. The van der Waals surface area contributed by atoms with E-state index in [1.54, 1.807) is 0 Å². The van der Waals surface area contributed by atoms with Crippen molar-refractivity contribution in [2.75, 3.05) is 0 Å². The Bertz CT molecular complexity index is 276. The quantitative estimate of drug-likeness (QED) is 0.633.